The summed E-state index contributed by atoms with van der Waals surface area (Å²) < 4.78 is 5.57. The molecule has 238 valence electrons. The van der Waals surface area contributed by atoms with Crippen molar-refractivity contribution in [2.45, 2.75) is 36.6 Å². The molecule has 2 aliphatic rings. The maximum absolute atomic E-state index is 12.8. The number of hydrazine groups is 1. The maximum atomic E-state index is 12.8. The lowest BCUT2D eigenvalue weighted by atomic mass is 10.1. The highest BCUT2D eigenvalue weighted by atomic mass is 32.2. The number of carbonyl (C=O) groups is 5. The number of carbonyl (C=O) groups excluding carboxylic acids is 5. The zero-order chi connectivity index (χ0) is 32.2. The molecule has 4 rings (SSSR count). The number of fused-ring (bicyclic) bond motifs is 1. The van der Waals surface area contributed by atoms with Crippen LogP contribution < -0.4 is 32.1 Å². The second kappa shape index (κ2) is 16.2. The molecule has 0 bridgehead atoms. The quantitative estimate of drug-likeness (QED) is 0.0399. The number of aromatic hydroxyl groups is 1. The molecule has 3 atom stereocenters. The summed E-state index contributed by atoms with van der Waals surface area (Å²) in [6.45, 7) is 0.954. The molecule has 2 aliphatic heterocycles. The van der Waals surface area contributed by atoms with Gasteiger partial charge >= 0.3 is 6.03 Å². The van der Waals surface area contributed by atoms with E-state index in [1.54, 1.807) is 23.9 Å². The molecule has 17 heteroatoms. The van der Waals surface area contributed by atoms with Gasteiger partial charge in [-0.15, -0.1) is 0 Å². The predicted molar refractivity (Wildman–Crippen MR) is 164 cm³/mol. The van der Waals surface area contributed by atoms with E-state index in [0.29, 0.717) is 13.0 Å². The molecular formula is C28H33N9O7S. The average Bonchev–Trinajstić information content (AvgIpc) is 3.58. The number of azide groups is 1. The van der Waals surface area contributed by atoms with Crippen LogP contribution in [0.4, 0.5) is 10.5 Å². The van der Waals surface area contributed by atoms with Gasteiger partial charge < -0.3 is 31.1 Å². The van der Waals surface area contributed by atoms with Crippen LogP contribution in [0, 0.1) is 0 Å². The number of hydrogen-bond acceptors (Lipinski definition) is 9. The zero-order valence-electron chi connectivity index (χ0n) is 24.1. The van der Waals surface area contributed by atoms with Crippen LogP contribution in [0.15, 0.2) is 47.6 Å². The lowest BCUT2D eigenvalue weighted by Crippen LogP contribution is -2.42. The number of nitrogens with zero attached hydrogens (tertiary/aromatic N) is 3. The highest BCUT2D eigenvalue weighted by Gasteiger charge is 2.42. The fraction of sp³-hybridized carbons (Fsp3) is 0.393. The summed E-state index contributed by atoms with van der Waals surface area (Å²) in [5.74, 6) is -1.67. The van der Waals surface area contributed by atoms with Crippen molar-refractivity contribution in [3.05, 3.63) is 69.6 Å². The molecule has 2 heterocycles. The van der Waals surface area contributed by atoms with Crippen LogP contribution in [0.25, 0.3) is 10.4 Å². The second-order valence-electron chi connectivity index (χ2n) is 10.1. The van der Waals surface area contributed by atoms with Crippen molar-refractivity contribution >= 4 is 47.1 Å². The van der Waals surface area contributed by atoms with Crippen molar-refractivity contribution in [3.8, 4) is 5.75 Å². The first-order valence-electron chi connectivity index (χ1n) is 14.2. The molecule has 2 aromatic rings. The topological polar surface area (TPSA) is 236 Å². The molecule has 0 aliphatic carbocycles. The predicted octanol–water partition coefficient (Wildman–Crippen LogP) is 1.61. The number of rotatable bonds is 14. The molecular weight excluding hydrogens is 606 g/mol. The molecule has 2 fully saturated rings. The molecule has 0 spiro atoms. The summed E-state index contributed by atoms with van der Waals surface area (Å²) in [5.41, 5.74) is 13.4. The Morgan fingerprint density at radius 1 is 0.978 bits per heavy atom. The van der Waals surface area contributed by atoms with Crippen molar-refractivity contribution in [3.63, 3.8) is 0 Å². The van der Waals surface area contributed by atoms with E-state index in [1.807, 2.05) is 0 Å². The van der Waals surface area contributed by atoms with Crippen molar-refractivity contribution < 1.29 is 33.8 Å². The molecule has 0 radical (unpaired) electrons. The van der Waals surface area contributed by atoms with E-state index >= 15 is 0 Å². The molecule has 2 aromatic carbocycles. The molecule has 7 N–H and O–H groups in total. The standard InChI is InChI=1S/C28H33N9O7S/c29-37-34-16-6-7-19(21(38)14-16)26(41)31-11-3-10-30-25(40)17-4-1-2-5-18(17)27(42)36-35-23(39)9-13-44-12-8-22-24-20(15-45-22)32-28(43)33-24/h1-2,4-7,14,20,22,24,38H,3,8-13,15H2,(H,30,40)(H,31,41)(H,35,39)(H,36,42)(H2,32,33,43). The first-order chi connectivity index (χ1) is 21.8. The largest absolute Gasteiger partial charge is 0.507 e. The Balaban J connectivity index is 1.12. The van der Waals surface area contributed by atoms with Crippen LogP contribution in [-0.2, 0) is 9.53 Å². The van der Waals surface area contributed by atoms with Gasteiger partial charge in [0.05, 0.1) is 41.8 Å². The summed E-state index contributed by atoms with van der Waals surface area (Å²) in [5, 5.41) is 24.7. The van der Waals surface area contributed by atoms with Gasteiger partial charge in [-0.1, -0.05) is 23.3 Å². The Kier molecular flexibility index (Phi) is 11.8. The molecule has 45 heavy (non-hydrogen) atoms. The van der Waals surface area contributed by atoms with Gasteiger partial charge in [-0.05, 0) is 42.6 Å². The maximum Gasteiger partial charge on any atom is 0.315 e. The van der Waals surface area contributed by atoms with Gasteiger partial charge in [-0.2, -0.15) is 11.8 Å². The van der Waals surface area contributed by atoms with E-state index in [1.165, 1.54) is 30.3 Å². The summed E-state index contributed by atoms with van der Waals surface area (Å²) in [4.78, 5) is 64.1. The molecule has 6 amide bonds. The Bertz CT molecular complexity index is 1480. The minimum absolute atomic E-state index is 0.00575. The Labute approximate surface area is 262 Å². The number of nitrogens with one attached hydrogen (secondary N) is 6. The number of amides is 6. The first-order valence-corrected chi connectivity index (χ1v) is 15.2. The van der Waals surface area contributed by atoms with E-state index in [-0.39, 0.29) is 77.6 Å². The van der Waals surface area contributed by atoms with E-state index in [2.05, 4.69) is 42.1 Å². The smallest absolute Gasteiger partial charge is 0.315 e. The highest BCUT2D eigenvalue weighted by Crippen LogP contribution is 2.32. The number of urea groups is 1. The minimum Gasteiger partial charge on any atom is -0.507 e. The number of ether oxygens (including phenoxy) is 1. The van der Waals surface area contributed by atoms with Gasteiger partial charge in [0.25, 0.3) is 17.7 Å². The van der Waals surface area contributed by atoms with Gasteiger partial charge in [-0.3, -0.25) is 30.0 Å². The van der Waals surface area contributed by atoms with Crippen LogP contribution in [0.2, 0.25) is 0 Å². The fourth-order valence-corrected chi connectivity index (χ4v) is 6.23. The van der Waals surface area contributed by atoms with E-state index in [0.717, 1.165) is 12.2 Å². The van der Waals surface area contributed by atoms with E-state index in [9.17, 15) is 29.1 Å². The third-order valence-electron chi connectivity index (χ3n) is 7.00. The van der Waals surface area contributed by atoms with Crippen molar-refractivity contribution in [1.29, 1.82) is 0 Å². The van der Waals surface area contributed by atoms with Crippen LogP contribution >= 0.6 is 11.8 Å². The summed E-state index contributed by atoms with van der Waals surface area (Å²) in [6.07, 6.45) is 1.11. The Morgan fingerprint density at radius 3 is 2.40 bits per heavy atom. The number of benzene rings is 2. The van der Waals surface area contributed by atoms with Gasteiger partial charge in [0, 0.05) is 41.3 Å². The van der Waals surface area contributed by atoms with E-state index in [4.69, 9.17) is 10.3 Å². The number of phenolic OH excluding ortho intramolecular Hbond substituents is 1. The van der Waals surface area contributed by atoms with Crippen molar-refractivity contribution in [2.75, 3.05) is 32.1 Å². The highest BCUT2D eigenvalue weighted by molar-refractivity contribution is 8.00. The molecule has 0 saturated carbocycles. The molecule has 0 aromatic heterocycles. The monoisotopic (exact) mass is 639 g/mol. The summed E-state index contributed by atoms with van der Waals surface area (Å²) in [6, 6.07) is 10.1. The normalized spacial score (nSPS) is 18.0. The molecule has 16 nitrogen and oxygen atoms in total. The van der Waals surface area contributed by atoms with Crippen LogP contribution in [0.3, 0.4) is 0 Å². The number of thioether (sulfide) groups is 1. The molecule has 3 unspecified atom stereocenters. The third kappa shape index (κ3) is 9.25. The molecule has 2 saturated heterocycles. The van der Waals surface area contributed by atoms with Crippen LogP contribution in [-0.4, -0.2) is 84.2 Å². The summed E-state index contributed by atoms with van der Waals surface area (Å²) in [7, 11) is 0. The minimum atomic E-state index is -0.673. The number of hydrogen-bond donors (Lipinski definition) is 7. The first kappa shape index (κ1) is 32.9. The number of phenols is 1. The van der Waals surface area contributed by atoms with Gasteiger partial charge in [0.15, 0.2) is 0 Å². The fourth-order valence-electron chi connectivity index (χ4n) is 4.75. The second-order valence-corrected chi connectivity index (χ2v) is 11.3. The van der Waals surface area contributed by atoms with Crippen molar-refractivity contribution in [1.82, 2.24) is 32.1 Å². The van der Waals surface area contributed by atoms with Gasteiger partial charge in [0.2, 0.25) is 5.91 Å². The summed E-state index contributed by atoms with van der Waals surface area (Å²) >= 11 is 1.78. The van der Waals surface area contributed by atoms with Crippen LogP contribution in [0.1, 0.15) is 50.3 Å². The Morgan fingerprint density at radius 2 is 1.69 bits per heavy atom. The third-order valence-corrected chi connectivity index (χ3v) is 8.51. The van der Waals surface area contributed by atoms with Crippen LogP contribution in [0.5, 0.6) is 5.75 Å². The van der Waals surface area contributed by atoms with Gasteiger partial charge in [-0.25, -0.2) is 4.79 Å². The van der Waals surface area contributed by atoms with Gasteiger partial charge in [0.1, 0.15) is 5.75 Å². The lowest BCUT2D eigenvalue weighted by molar-refractivity contribution is -0.122. The Hall–Kier alpha value is -4.99. The zero-order valence-corrected chi connectivity index (χ0v) is 24.9. The average molecular weight is 640 g/mol. The SMILES string of the molecule is [N-]=[N+]=Nc1ccc(C(=O)NCCCNC(=O)c2ccccc2C(=O)NNC(=O)CCOCCC2SCC3NC(=O)NC32)c(O)c1. The lowest BCUT2D eigenvalue weighted by Gasteiger charge is -2.16. The van der Waals surface area contributed by atoms with Crippen molar-refractivity contribution in [2.24, 2.45) is 5.11 Å². The van der Waals surface area contributed by atoms with E-state index < -0.39 is 23.6 Å².